The lowest BCUT2D eigenvalue weighted by atomic mass is 10.0. The highest BCUT2D eigenvalue weighted by molar-refractivity contribution is 7.89. The number of carbonyl (C=O) groups is 1. The molecule has 1 saturated heterocycles. The summed E-state index contributed by atoms with van der Waals surface area (Å²) in [6.45, 7) is 3.66. The van der Waals surface area contributed by atoms with Crippen molar-refractivity contribution in [2.75, 3.05) is 30.7 Å². The van der Waals surface area contributed by atoms with Crippen LogP contribution in [0.25, 0.3) is 0 Å². The van der Waals surface area contributed by atoms with Crippen LogP contribution >= 0.6 is 0 Å². The Labute approximate surface area is 195 Å². The first-order valence-electron chi connectivity index (χ1n) is 11.2. The number of anilines is 1. The van der Waals surface area contributed by atoms with Crippen molar-refractivity contribution in [2.45, 2.75) is 44.0 Å². The van der Waals surface area contributed by atoms with Crippen molar-refractivity contribution < 1.29 is 21.6 Å². The van der Waals surface area contributed by atoms with Gasteiger partial charge >= 0.3 is 0 Å². The summed E-state index contributed by atoms with van der Waals surface area (Å²) in [7, 11) is -6.81. The van der Waals surface area contributed by atoms with E-state index in [2.05, 4.69) is 5.32 Å². The Hall–Kier alpha value is -2.27. The van der Waals surface area contributed by atoms with Crippen LogP contribution in [0.3, 0.4) is 0 Å². The average Bonchev–Trinajstić information content (AvgIpc) is 3.34. The molecule has 178 valence electrons. The van der Waals surface area contributed by atoms with Gasteiger partial charge in [0.05, 0.1) is 10.6 Å². The quantitative estimate of drug-likeness (QED) is 0.641. The van der Waals surface area contributed by atoms with Crippen LogP contribution in [0.2, 0.25) is 0 Å². The number of nitrogens with one attached hydrogen (secondary N) is 1. The van der Waals surface area contributed by atoms with E-state index in [0.29, 0.717) is 50.3 Å². The number of rotatable bonds is 7. The van der Waals surface area contributed by atoms with Gasteiger partial charge in [0.2, 0.25) is 20.0 Å². The summed E-state index contributed by atoms with van der Waals surface area (Å²) in [6.07, 6.45) is 2.94. The molecule has 0 unspecified atom stereocenters. The maximum atomic E-state index is 12.7. The largest absolute Gasteiger partial charge is 0.322 e. The number of hydrogen-bond donors (Lipinski definition) is 1. The van der Waals surface area contributed by atoms with Crippen molar-refractivity contribution in [1.82, 2.24) is 8.61 Å². The van der Waals surface area contributed by atoms with Crippen LogP contribution in [-0.4, -0.2) is 56.7 Å². The fourth-order valence-corrected chi connectivity index (χ4v) is 7.29. The molecule has 0 bridgehead atoms. The van der Waals surface area contributed by atoms with Crippen molar-refractivity contribution in [2.24, 2.45) is 0 Å². The Balaban J connectivity index is 1.46. The third kappa shape index (κ3) is 5.13. The van der Waals surface area contributed by atoms with Crippen molar-refractivity contribution in [3.8, 4) is 0 Å². The summed E-state index contributed by atoms with van der Waals surface area (Å²) >= 11 is 0. The molecule has 0 radical (unpaired) electrons. The van der Waals surface area contributed by atoms with Crippen molar-refractivity contribution >= 4 is 31.6 Å². The van der Waals surface area contributed by atoms with Crippen LogP contribution in [0.15, 0.2) is 47.4 Å². The predicted molar refractivity (Wildman–Crippen MR) is 127 cm³/mol. The van der Waals surface area contributed by atoms with Crippen molar-refractivity contribution in [3.05, 3.63) is 59.2 Å². The Morgan fingerprint density at radius 2 is 1.61 bits per heavy atom. The molecule has 2 heterocycles. The number of nitrogens with zero attached hydrogens (tertiary/aromatic N) is 2. The summed E-state index contributed by atoms with van der Waals surface area (Å²) in [5.41, 5.74) is 2.88. The lowest BCUT2D eigenvalue weighted by Crippen LogP contribution is -2.37. The number of carbonyl (C=O) groups excluding carboxylic acids is 1. The summed E-state index contributed by atoms with van der Waals surface area (Å²) in [6, 6.07) is 11.5. The molecule has 8 nitrogen and oxygen atoms in total. The Bertz CT molecular complexity index is 1240. The topological polar surface area (TPSA) is 104 Å². The molecular formula is C23H29N3O5S2. The highest BCUT2D eigenvalue weighted by Crippen LogP contribution is 2.26. The van der Waals surface area contributed by atoms with Crippen LogP contribution in [0.5, 0.6) is 0 Å². The molecule has 0 aromatic heterocycles. The molecule has 0 saturated carbocycles. The Morgan fingerprint density at radius 1 is 0.909 bits per heavy atom. The zero-order valence-corrected chi connectivity index (χ0v) is 20.3. The van der Waals surface area contributed by atoms with E-state index in [-0.39, 0.29) is 16.6 Å². The van der Waals surface area contributed by atoms with Crippen LogP contribution in [0.1, 0.15) is 47.7 Å². The maximum absolute atomic E-state index is 12.7. The highest BCUT2D eigenvalue weighted by Gasteiger charge is 2.28. The van der Waals surface area contributed by atoms with Gasteiger partial charge in [-0.1, -0.05) is 13.0 Å². The van der Waals surface area contributed by atoms with E-state index in [9.17, 15) is 21.6 Å². The minimum absolute atomic E-state index is 0.127. The molecule has 1 amide bonds. The third-order valence-corrected chi connectivity index (χ3v) is 10.1. The Kier molecular flexibility index (Phi) is 6.90. The summed E-state index contributed by atoms with van der Waals surface area (Å²) in [5.74, 6) is -0.228. The first-order chi connectivity index (χ1) is 15.7. The number of hydrogen-bond acceptors (Lipinski definition) is 5. The zero-order valence-electron chi connectivity index (χ0n) is 18.7. The molecule has 2 aliphatic heterocycles. The van der Waals surface area contributed by atoms with Gasteiger partial charge in [0.15, 0.2) is 0 Å². The third-order valence-electron chi connectivity index (χ3n) is 6.12. The number of fused-ring (bicyclic) bond motifs is 1. The molecule has 4 rings (SSSR count). The second-order valence-electron chi connectivity index (χ2n) is 8.47. The van der Waals surface area contributed by atoms with Gasteiger partial charge in [-0.25, -0.2) is 16.8 Å². The molecule has 33 heavy (non-hydrogen) atoms. The fourth-order valence-electron chi connectivity index (χ4n) is 4.29. The lowest BCUT2D eigenvalue weighted by molar-refractivity contribution is 0.102. The van der Waals surface area contributed by atoms with E-state index in [0.717, 1.165) is 24.0 Å². The van der Waals surface area contributed by atoms with E-state index < -0.39 is 20.0 Å². The van der Waals surface area contributed by atoms with Gasteiger partial charge in [0, 0.05) is 37.4 Å². The van der Waals surface area contributed by atoms with Gasteiger partial charge in [0.25, 0.3) is 5.91 Å². The van der Waals surface area contributed by atoms with E-state index in [1.807, 2.05) is 19.1 Å². The minimum Gasteiger partial charge on any atom is -0.322 e. The monoisotopic (exact) mass is 491 g/mol. The van der Waals surface area contributed by atoms with Crippen LogP contribution < -0.4 is 5.32 Å². The molecule has 0 aliphatic carbocycles. The summed E-state index contributed by atoms with van der Waals surface area (Å²) < 4.78 is 53.2. The van der Waals surface area contributed by atoms with Crippen LogP contribution in [0, 0.1) is 0 Å². The first-order valence-corrected chi connectivity index (χ1v) is 14.3. The normalized spacial score (nSPS) is 17.6. The number of benzene rings is 2. The molecule has 2 aliphatic rings. The van der Waals surface area contributed by atoms with Gasteiger partial charge < -0.3 is 5.32 Å². The second-order valence-corrected chi connectivity index (χ2v) is 12.5. The maximum Gasteiger partial charge on any atom is 0.255 e. The van der Waals surface area contributed by atoms with Gasteiger partial charge in [-0.3, -0.25) is 4.79 Å². The molecular weight excluding hydrogens is 462 g/mol. The number of sulfonamides is 2. The summed E-state index contributed by atoms with van der Waals surface area (Å²) in [4.78, 5) is 12.9. The molecule has 2 aromatic rings. The van der Waals surface area contributed by atoms with Gasteiger partial charge in [-0.05, 0) is 73.2 Å². The second kappa shape index (κ2) is 9.54. The molecule has 2 aromatic carbocycles. The van der Waals surface area contributed by atoms with E-state index in [1.165, 1.54) is 32.9 Å². The highest BCUT2D eigenvalue weighted by atomic mass is 32.2. The van der Waals surface area contributed by atoms with Gasteiger partial charge in [-0.15, -0.1) is 0 Å². The van der Waals surface area contributed by atoms with Crippen molar-refractivity contribution in [3.63, 3.8) is 0 Å². The smallest absolute Gasteiger partial charge is 0.255 e. The van der Waals surface area contributed by atoms with Crippen molar-refractivity contribution in [1.29, 1.82) is 0 Å². The average molecular weight is 492 g/mol. The molecule has 0 atom stereocenters. The molecule has 0 spiro atoms. The van der Waals surface area contributed by atoms with Gasteiger partial charge in [0.1, 0.15) is 0 Å². The molecule has 10 heteroatoms. The standard InChI is InChI=1S/C23H29N3O5S2/c1-2-15-32(28,29)26-14-11-18-5-8-21(16-20(18)17-26)24-23(27)19-6-9-22(10-7-19)33(30,31)25-12-3-4-13-25/h5-10,16H,2-4,11-15,17H2,1H3,(H,24,27). The predicted octanol–water partition coefficient (Wildman–Crippen LogP) is 2.82. The van der Waals surface area contributed by atoms with Crippen LogP contribution in [0.4, 0.5) is 5.69 Å². The summed E-state index contributed by atoms with van der Waals surface area (Å²) in [5, 5.41) is 2.83. The SMILES string of the molecule is CCCS(=O)(=O)N1CCc2ccc(NC(=O)c3ccc(S(=O)(=O)N4CCCC4)cc3)cc2C1. The van der Waals surface area contributed by atoms with E-state index >= 15 is 0 Å². The fraction of sp³-hybridized carbons (Fsp3) is 0.435. The Morgan fingerprint density at radius 3 is 2.27 bits per heavy atom. The zero-order chi connectivity index (χ0) is 23.6. The minimum atomic E-state index is -3.52. The lowest BCUT2D eigenvalue weighted by Gasteiger charge is -2.28. The van der Waals surface area contributed by atoms with Crippen LogP contribution in [-0.2, 0) is 33.0 Å². The molecule has 1 N–H and O–H groups in total. The number of amides is 1. The first kappa shape index (κ1) is 23.9. The molecule has 1 fully saturated rings. The van der Waals surface area contributed by atoms with E-state index in [4.69, 9.17) is 0 Å². The van der Waals surface area contributed by atoms with Gasteiger partial charge in [-0.2, -0.15) is 8.61 Å². The van der Waals surface area contributed by atoms with E-state index in [1.54, 1.807) is 6.07 Å².